The predicted octanol–water partition coefficient (Wildman–Crippen LogP) is 1.72. The third-order valence-corrected chi connectivity index (χ3v) is 1.93. The molecule has 1 heterocycles. The molecule has 0 unspecified atom stereocenters. The van der Waals surface area contributed by atoms with Gasteiger partial charge < -0.3 is 16.2 Å². The van der Waals surface area contributed by atoms with E-state index in [4.69, 9.17) is 10.8 Å². The molecule has 9 heteroatoms. The van der Waals surface area contributed by atoms with Gasteiger partial charge in [0.2, 0.25) is 0 Å². The second kappa shape index (κ2) is 4.92. The number of aromatic nitrogens is 1. The molecule has 0 saturated heterocycles. The lowest BCUT2D eigenvalue weighted by atomic mass is 10.2. The van der Waals surface area contributed by atoms with Crippen LogP contribution >= 0.6 is 0 Å². The summed E-state index contributed by atoms with van der Waals surface area (Å²) in [5.74, 6) is -4.33. The number of nitrogens with two attached hydrogens (primary N) is 1. The average molecular weight is 271 g/mol. The zero-order chi connectivity index (χ0) is 14.0. The summed E-state index contributed by atoms with van der Waals surface area (Å²) in [6.07, 6.45) is -4.65. The van der Waals surface area contributed by atoms with Gasteiger partial charge in [-0.15, -0.1) is 0 Å². The molecular weight excluding hydrogens is 261 g/mol. The Morgan fingerprint density at radius 1 is 1.22 bits per heavy atom. The van der Waals surface area contributed by atoms with Crippen molar-refractivity contribution in [3.8, 4) is 0 Å². The van der Waals surface area contributed by atoms with Gasteiger partial charge in [-0.25, -0.2) is 13.8 Å². The van der Waals surface area contributed by atoms with Crippen LogP contribution in [0.25, 0.3) is 0 Å². The molecule has 0 spiro atoms. The number of pyridine rings is 1. The highest BCUT2D eigenvalue weighted by molar-refractivity contribution is 5.47. The Balaban J connectivity index is 2.88. The van der Waals surface area contributed by atoms with E-state index in [-0.39, 0.29) is 0 Å². The summed E-state index contributed by atoms with van der Waals surface area (Å²) in [7, 11) is 0. The zero-order valence-corrected chi connectivity index (χ0v) is 8.93. The Bertz CT molecular complexity index is 421. The first-order valence-electron chi connectivity index (χ1n) is 4.71. The Morgan fingerprint density at radius 3 is 2.33 bits per heavy atom. The van der Waals surface area contributed by atoms with Gasteiger partial charge in [0.1, 0.15) is 18.2 Å². The molecule has 0 aliphatic carbocycles. The molecule has 0 saturated carbocycles. The Labute approximate surface area is 98.6 Å². The molecule has 18 heavy (non-hydrogen) atoms. The largest absolute Gasteiger partial charge is 0.416 e. The highest BCUT2D eigenvalue weighted by Crippen LogP contribution is 2.31. The van der Waals surface area contributed by atoms with Crippen molar-refractivity contribution in [2.45, 2.75) is 12.1 Å². The van der Waals surface area contributed by atoms with E-state index in [9.17, 15) is 22.0 Å². The van der Waals surface area contributed by atoms with Gasteiger partial charge in [-0.2, -0.15) is 13.2 Å². The van der Waals surface area contributed by atoms with Crippen LogP contribution in [0.3, 0.4) is 0 Å². The van der Waals surface area contributed by atoms with E-state index in [0.29, 0.717) is 12.1 Å². The van der Waals surface area contributed by atoms with Crippen LogP contribution in [0.15, 0.2) is 12.1 Å². The van der Waals surface area contributed by atoms with E-state index in [1.54, 1.807) is 0 Å². The predicted molar refractivity (Wildman–Crippen MR) is 54.2 cm³/mol. The molecule has 0 atom stereocenters. The fourth-order valence-corrected chi connectivity index (χ4v) is 1.08. The van der Waals surface area contributed by atoms with E-state index in [2.05, 4.69) is 4.98 Å². The summed E-state index contributed by atoms with van der Waals surface area (Å²) in [5.41, 5.74) is 4.05. The quantitative estimate of drug-likeness (QED) is 0.729. The summed E-state index contributed by atoms with van der Waals surface area (Å²) in [6.45, 7) is -2.47. The van der Waals surface area contributed by atoms with Gasteiger partial charge >= 0.3 is 6.18 Å². The third kappa shape index (κ3) is 3.99. The molecule has 1 rings (SSSR count). The SMILES string of the molecule is Nc1cc(C(F)(F)F)cc(NCC(F)(F)CO)n1. The van der Waals surface area contributed by atoms with E-state index in [0.717, 1.165) is 0 Å². The van der Waals surface area contributed by atoms with Gasteiger partial charge in [0.05, 0.1) is 12.1 Å². The molecule has 1 aromatic heterocycles. The third-order valence-electron chi connectivity index (χ3n) is 1.93. The number of hydrogen-bond donors (Lipinski definition) is 3. The van der Waals surface area contributed by atoms with Gasteiger partial charge in [-0.05, 0) is 12.1 Å². The topological polar surface area (TPSA) is 71.2 Å². The first-order chi connectivity index (χ1) is 8.14. The van der Waals surface area contributed by atoms with Crippen LogP contribution in [0.4, 0.5) is 33.6 Å². The molecule has 0 amide bonds. The van der Waals surface area contributed by atoms with Gasteiger partial charge in [0, 0.05) is 0 Å². The lowest BCUT2D eigenvalue weighted by molar-refractivity contribution is -0.137. The first kappa shape index (κ1) is 14.4. The average Bonchev–Trinajstić information content (AvgIpc) is 2.25. The number of nitrogens with zero attached hydrogens (tertiary/aromatic N) is 1. The maximum Gasteiger partial charge on any atom is 0.416 e. The molecule has 0 aromatic carbocycles. The van der Waals surface area contributed by atoms with Crippen LogP contribution in [0, 0.1) is 0 Å². The number of nitrogens with one attached hydrogen (secondary N) is 1. The fraction of sp³-hybridized carbons (Fsp3) is 0.444. The van der Waals surface area contributed by atoms with Gasteiger partial charge in [0.25, 0.3) is 5.92 Å². The van der Waals surface area contributed by atoms with Crippen LogP contribution in [-0.4, -0.2) is 29.2 Å². The molecule has 4 N–H and O–H groups in total. The minimum Gasteiger partial charge on any atom is -0.390 e. The Kier molecular flexibility index (Phi) is 3.95. The lowest BCUT2D eigenvalue weighted by Crippen LogP contribution is -2.31. The van der Waals surface area contributed by atoms with Crippen molar-refractivity contribution in [1.29, 1.82) is 0 Å². The monoisotopic (exact) mass is 271 g/mol. The van der Waals surface area contributed by atoms with Crippen molar-refractivity contribution in [1.82, 2.24) is 4.98 Å². The maximum atomic E-state index is 12.7. The smallest absolute Gasteiger partial charge is 0.390 e. The van der Waals surface area contributed by atoms with E-state index in [1.165, 1.54) is 0 Å². The molecule has 0 aliphatic heterocycles. The normalized spacial score (nSPS) is 12.6. The molecule has 0 radical (unpaired) electrons. The van der Waals surface area contributed by atoms with Crippen molar-refractivity contribution >= 4 is 11.6 Å². The Morgan fingerprint density at radius 2 is 1.83 bits per heavy atom. The number of nitrogen functional groups attached to an aromatic ring is 1. The highest BCUT2D eigenvalue weighted by Gasteiger charge is 2.32. The standard InChI is InChI=1S/C9H10F5N3O/c10-8(11,4-18)3-16-7-2-5(9(12,13)14)1-6(15)17-7/h1-2,18H,3-4H2,(H3,15,16,17). The molecular formula is C9H10F5N3O. The number of hydrogen-bond acceptors (Lipinski definition) is 4. The van der Waals surface area contributed by atoms with Gasteiger partial charge in [-0.1, -0.05) is 0 Å². The summed E-state index contributed by atoms with van der Waals surface area (Å²) in [5, 5.41) is 10.3. The zero-order valence-electron chi connectivity index (χ0n) is 8.93. The van der Waals surface area contributed by atoms with Crippen LogP contribution in [0.2, 0.25) is 0 Å². The molecule has 4 nitrogen and oxygen atoms in total. The second-order valence-corrected chi connectivity index (χ2v) is 3.53. The summed E-state index contributed by atoms with van der Waals surface area (Å²) in [4.78, 5) is 3.44. The number of halogens is 5. The van der Waals surface area contributed by atoms with Crippen molar-refractivity contribution in [2.75, 3.05) is 24.2 Å². The summed E-state index contributed by atoms with van der Waals surface area (Å²) >= 11 is 0. The van der Waals surface area contributed by atoms with Crippen molar-refractivity contribution < 1.29 is 27.1 Å². The summed E-state index contributed by atoms with van der Waals surface area (Å²) in [6, 6.07) is 1.15. The molecule has 0 fully saturated rings. The number of rotatable bonds is 4. The van der Waals surface area contributed by atoms with Crippen LogP contribution in [-0.2, 0) is 6.18 Å². The van der Waals surface area contributed by atoms with Crippen molar-refractivity contribution in [3.63, 3.8) is 0 Å². The number of anilines is 2. The molecule has 0 aliphatic rings. The van der Waals surface area contributed by atoms with Crippen molar-refractivity contribution in [3.05, 3.63) is 17.7 Å². The minimum absolute atomic E-state index is 0.435. The van der Waals surface area contributed by atoms with E-state index < -0.39 is 42.4 Å². The summed E-state index contributed by atoms with van der Waals surface area (Å²) < 4.78 is 62.5. The molecule has 0 bridgehead atoms. The second-order valence-electron chi connectivity index (χ2n) is 3.53. The molecule has 1 aromatic rings. The molecule has 102 valence electrons. The minimum atomic E-state index is -4.65. The first-order valence-corrected chi connectivity index (χ1v) is 4.71. The fourth-order valence-electron chi connectivity index (χ4n) is 1.08. The van der Waals surface area contributed by atoms with Crippen LogP contribution in [0.5, 0.6) is 0 Å². The van der Waals surface area contributed by atoms with E-state index >= 15 is 0 Å². The lowest BCUT2D eigenvalue weighted by Gasteiger charge is -2.15. The van der Waals surface area contributed by atoms with Crippen LogP contribution < -0.4 is 11.1 Å². The van der Waals surface area contributed by atoms with Gasteiger partial charge in [0.15, 0.2) is 0 Å². The van der Waals surface area contributed by atoms with E-state index in [1.807, 2.05) is 5.32 Å². The number of alkyl halides is 5. The highest BCUT2D eigenvalue weighted by atomic mass is 19.4. The van der Waals surface area contributed by atoms with Crippen molar-refractivity contribution in [2.24, 2.45) is 0 Å². The number of aliphatic hydroxyl groups excluding tert-OH is 1. The van der Waals surface area contributed by atoms with Crippen LogP contribution in [0.1, 0.15) is 5.56 Å². The number of aliphatic hydroxyl groups is 1. The Hall–Kier alpha value is -1.64. The maximum absolute atomic E-state index is 12.7. The van der Waals surface area contributed by atoms with Gasteiger partial charge in [-0.3, -0.25) is 0 Å².